The molecule has 0 saturated heterocycles. The van der Waals surface area contributed by atoms with Crippen LogP contribution in [0, 0.1) is 17.0 Å². The maximum Gasteiger partial charge on any atom is 0.292 e. The third-order valence-corrected chi connectivity index (χ3v) is 2.63. The van der Waals surface area contributed by atoms with E-state index in [1.807, 2.05) is 0 Å². The average Bonchev–Trinajstić information content (AvgIpc) is 2.01. The van der Waals surface area contributed by atoms with E-state index in [0.717, 1.165) is 6.07 Å². The lowest BCUT2D eigenvalue weighted by atomic mass is 10.2. The number of sulfonamides is 1. The second-order valence-electron chi connectivity index (χ2n) is 2.72. The van der Waals surface area contributed by atoms with Gasteiger partial charge in [-0.25, -0.2) is 13.6 Å². The Morgan fingerprint density at radius 1 is 1.43 bits per heavy atom. The van der Waals surface area contributed by atoms with Crippen molar-refractivity contribution >= 4 is 15.7 Å². The van der Waals surface area contributed by atoms with Gasteiger partial charge in [-0.15, -0.1) is 0 Å². The third kappa shape index (κ3) is 1.88. The van der Waals surface area contributed by atoms with E-state index < -0.39 is 25.5 Å². The molecule has 0 aliphatic carbocycles. The van der Waals surface area contributed by atoms with Gasteiger partial charge in [-0.05, 0) is 13.0 Å². The van der Waals surface area contributed by atoms with Crippen LogP contribution >= 0.6 is 0 Å². The quantitative estimate of drug-likeness (QED) is 0.575. The summed E-state index contributed by atoms with van der Waals surface area (Å²) < 4.78 is 22.0. The van der Waals surface area contributed by atoms with Crippen molar-refractivity contribution in [3.05, 3.63) is 33.9 Å². The van der Waals surface area contributed by atoms with E-state index in [0.29, 0.717) is 0 Å². The van der Waals surface area contributed by atoms with Crippen molar-refractivity contribution in [2.24, 2.45) is 5.14 Å². The maximum atomic E-state index is 11.0. The van der Waals surface area contributed by atoms with E-state index in [9.17, 15) is 18.5 Å². The monoisotopic (exact) mass is 216 g/mol. The zero-order chi connectivity index (χ0) is 10.9. The molecule has 0 aliphatic rings. The first-order chi connectivity index (χ1) is 6.34. The molecule has 0 bridgehead atoms. The minimum absolute atomic E-state index is 0.265. The molecular formula is C7H8N2O4S. The van der Waals surface area contributed by atoms with Crippen molar-refractivity contribution in [1.82, 2.24) is 0 Å². The predicted molar refractivity (Wildman–Crippen MR) is 49.2 cm³/mol. The molecule has 0 heterocycles. The van der Waals surface area contributed by atoms with Crippen LogP contribution in [0.25, 0.3) is 0 Å². The van der Waals surface area contributed by atoms with Crippen LogP contribution in [0.5, 0.6) is 0 Å². The summed E-state index contributed by atoms with van der Waals surface area (Å²) in [6.07, 6.45) is 0. The Morgan fingerprint density at radius 2 is 2.00 bits per heavy atom. The van der Waals surface area contributed by atoms with Gasteiger partial charge in [0.15, 0.2) is 4.90 Å². The number of hydrogen-bond donors (Lipinski definition) is 1. The van der Waals surface area contributed by atoms with Crippen molar-refractivity contribution in [2.75, 3.05) is 0 Å². The molecule has 2 N–H and O–H groups in total. The number of para-hydroxylation sites is 1. The summed E-state index contributed by atoms with van der Waals surface area (Å²) in [5.74, 6) is 0. The number of nitrogens with zero attached hydrogens (tertiary/aromatic N) is 1. The lowest BCUT2D eigenvalue weighted by Gasteiger charge is -2.01. The van der Waals surface area contributed by atoms with Crippen LogP contribution in [0.15, 0.2) is 23.1 Å². The van der Waals surface area contributed by atoms with Crippen LogP contribution < -0.4 is 5.14 Å². The molecule has 1 aromatic carbocycles. The van der Waals surface area contributed by atoms with Crippen LogP contribution in [-0.2, 0) is 10.0 Å². The molecular weight excluding hydrogens is 208 g/mol. The van der Waals surface area contributed by atoms with Gasteiger partial charge in [0.25, 0.3) is 5.69 Å². The van der Waals surface area contributed by atoms with Gasteiger partial charge < -0.3 is 0 Å². The van der Waals surface area contributed by atoms with Crippen LogP contribution in [0.1, 0.15) is 5.56 Å². The van der Waals surface area contributed by atoms with Gasteiger partial charge in [0, 0.05) is 5.56 Å². The van der Waals surface area contributed by atoms with Crippen molar-refractivity contribution in [2.45, 2.75) is 11.8 Å². The number of hydrogen-bond acceptors (Lipinski definition) is 4. The summed E-state index contributed by atoms with van der Waals surface area (Å²) >= 11 is 0. The van der Waals surface area contributed by atoms with Gasteiger partial charge in [0.1, 0.15) is 0 Å². The highest BCUT2D eigenvalue weighted by molar-refractivity contribution is 7.89. The maximum absolute atomic E-state index is 11.0. The molecule has 76 valence electrons. The van der Waals surface area contributed by atoms with Crippen molar-refractivity contribution in [3.8, 4) is 0 Å². The van der Waals surface area contributed by atoms with Crippen LogP contribution in [0.4, 0.5) is 5.69 Å². The Labute approximate surface area is 80.5 Å². The number of benzene rings is 1. The number of primary sulfonamides is 1. The molecule has 0 fully saturated rings. The summed E-state index contributed by atoms with van der Waals surface area (Å²) in [7, 11) is -4.04. The summed E-state index contributed by atoms with van der Waals surface area (Å²) in [5.41, 5.74) is -0.198. The molecule has 14 heavy (non-hydrogen) atoms. The van der Waals surface area contributed by atoms with Crippen molar-refractivity contribution < 1.29 is 13.3 Å². The van der Waals surface area contributed by atoms with E-state index in [1.54, 1.807) is 0 Å². The molecule has 0 saturated carbocycles. The van der Waals surface area contributed by atoms with Gasteiger partial charge in [0.2, 0.25) is 10.0 Å². The number of nitro groups is 1. The van der Waals surface area contributed by atoms with E-state index in [1.165, 1.54) is 19.1 Å². The van der Waals surface area contributed by atoms with Crippen molar-refractivity contribution in [3.63, 3.8) is 0 Å². The minimum Gasteiger partial charge on any atom is -0.258 e. The SMILES string of the molecule is Cc1cccc(S(N)(=O)=O)c1[N+](=O)[O-]. The van der Waals surface area contributed by atoms with Crippen LogP contribution in [-0.4, -0.2) is 13.3 Å². The highest BCUT2D eigenvalue weighted by Crippen LogP contribution is 2.25. The summed E-state index contributed by atoms with van der Waals surface area (Å²) in [6, 6.07) is 3.97. The topological polar surface area (TPSA) is 103 Å². The zero-order valence-electron chi connectivity index (χ0n) is 7.30. The smallest absolute Gasteiger partial charge is 0.258 e. The highest BCUT2D eigenvalue weighted by Gasteiger charge is 2.24. The van der Waals surface area contributed by atoms with Crippen LogP contribution in [0.3, 0.4) is 0 Å². The standard InChI is InChI=1S/C7H8N2O4S/c1-5-3-2-4-6(14(8,12)13)7(5)9(10)11/h2-4H,1H3,(H2,8,12,13). The first-order valence-electron chi connectivity index (χ1n) is 3.61. The highest BCUT2D eigenvalue weighted by atomic mass is 32.2. The molecule has 0 atom stereocenters. The summed E-state index contributed by atoms with van der Waals surface area (Å²) in [4.78, 5) is 9.36. The summed E-state index contributed by atoms with van der Waals surface area (Å²) in [6.45, 7) is 1.45. The van der Waals surface area contributed by atoms with Gasteiger partial charge in [-0.3, -0.25) is 10.1 Å². The predicted octanol–water partition coefficient (Wildman–Crippen LogP) is 0.551. The molecule has 0 aromatic heterocycles. The zero-order valence-corrected chi connectivity index (χ0v) is 8.11. The normalized spacial score (nSPS) is 11.3. The lowest BCUT2D eigenvalue weighted by molar-refractivity contribution is -0.388. The Balaban J connectivity index is 3.61. The van der Waals surface area contributed by atoms with Crippen LogP contribution in [0.2, 0.25) is 0 Å². The Kier molecular flexibility index (Phi) is 2.54. The van der Waals surface area contributed by atoms with Gasteiger partial charge >= 0.3 is 0 Å². The molecule has 0 spiro atoms. The number of nitro benzene ring substituents is 1. The molecule has 6 nitrogen and oxygen atoms in total. The number of aryl methyl sites for hydroxylation is 1. The van der Waals surface area contributed by atoms with Gasteiger partial charge in [-0.1, -0.05) is 12.1 Å². The molecule has 1 rings (SSSR count). The fourth-order valence-electron chi connectivity index (χ4n) is 1.10. The molecule has 0 unspecified atom stereocenters. The molecule has 1 aromatic rings. The third-order valence-electron chi connectivity index (χ3n) is 1.69. The first kappa shape index (κ1) is 10.6. The van der Waals surface area contributed by atoms with Crippen molar-refractivity contribution in [1.29, 1.82) is 0 Å². The Bertz CT molecular complexity index is 480. The molecule has 0 radical (unpaired) electrons. The van der Waals surface area contributed by atoms with Gasteiger partial charge in [0.05, 0.1) is 4.92 Å². The fraction of sp³-hybridized carbons (Fsp3) is 0.143. The first-order valence-corrected chi connectivity index (χ1v) is 5.15. The average molecular weight is 216 g/mol. The van der Waals surface area contributed by atoms with E-state index in [-0.39, 0.29) is 5.56 Å². The molecule has 0 aliphatic heterocycles. The Hall–Kier alpha value is -1.47. The second kappa shape index (κ2) is 3.35. The largest absolute Gasteiger partial charge is 0.292 e. The van der Waals surface area contributed by atoms with E-state index >= 15 is 0 Å². The van der Waals surface area contributed by atoms with E-state index in [4.69, 9.17) is 5.14 Å². The fourth-order valence-corrected chi connectivity index (χ4v) is 1.87. The second-order valence-corrected chi connectivity index (χ2v) is 4.25. The van der Waals surface area contributed by atoms with Gasteiger partial charge in [-0.2, -0.15) is 0 Å². The molecule has 0 amide bonds. The van der Waals surface area contributed by atoms with E-state index in [2.05, 4.69) is 0 Å². The minimum atomic E-state index is -4.04. The number of rotatable bonds is 2. The number of nitrogens with two attached hydrogens (primary N) is 1. The Morgan fingerprint density at radius 3 is 2.36 bits per heavy atom. The summed E-state index contributed by atoms with van der Waals surface area (Å²) in [5, 5.41) is 15.4. The molecule has 7 heteroatoms. The lowest BCUT2D eigenvalue weighted by Crippen LogP contribution is -2.14.